The molecule has 2 saturated heterocycles. The van der Waals surface area contributed by atoms with Crippen LogP contribution in [0.5, 0.6) is 0 Å². The third-order valence-corrected chi connectivity index (χ3v) is 8.13. The van der Waals surface area contributed by atoms with Crippen molar-refractivity contribution in [2.75, 3.05) is 16.4 Å². The van der Waals surface area contributed by atoms with Crippen molar-refractivity contribution in [1.29, 1.82) is 0 Å². The van der Waals surface area contributed by atoms with Gasteiger partial charge in [0, 0.05) is 5.25 Å². The van der Waals surface area contributed by atoms with Crippen molar-refractivity contribution in [3.8, 4) is 0 Å². The Kier molecular flexibility index (Phi) is 5.01. The fraction of sp³-hybridized carbons (Fsp3) is 0.263. The Morgan fingerprint density at radius 2 is 1.81 bits per heavy atom. The first kappa shape index (κ1) is 18.5. The molecule has 1 amide bonds. The smallest absolute Gasteiger partial charge is 0.252 e. The molecule has 2 aliphatic heterocycles. The third-order valence-electron chi connectivity index (χ3n) is 4.60. The first-order valence-electron chi connectivity index (χ1n) is 8.49. The minimum Gasteiger partial charge on any atom is -0.314 e. The summed E-state index contributed by atoms with van der Waals surface area (Å²) in [5, 5.41) is 0.884. The van der Waals surface area contributed by atoms with Gasteiger partial charge < -0.3 is 4.90 Å². The summed E-state index contributed by atoms with van der Waals surface area (Å²) in [5.41, 5.74) is 1.57. The topological polar surface area (TPSA) is 66.8 Å². The van der Waals surface area contributed by atoms with E-state index in [-0.39, 0.29) is 35.1 Å². The van der Waals surface area contributed by atoms with Crippen molar-refractivity contribution in [3.05, 3.63) is 65.2 Å². The molecule has 0 radical (unpaired) electrons. The minimum atomic E-state index is -3.11. The molecule has 0 bridgehead atoms. The quantitative estimate of drug-likeness (QED) is 0.762. The number of anilines is 1. The zero-order valence-corrected chi connectivity index (χ0v) is 16.7. The number of carbonyl (C=O) groups is 1. The molecule has 4 rings (SSSR count). The highest BCUT2D eigenvalue weighted by Gasteiger charge is 2.49. The Balaban J connectivity index is 1.67. The van der Waals surface area contributed by atoms with Gasteiger partial charge in [-0.05, 0) is 17.7 Å². The summed E-state index contributed by atoms with van der Waals surface area (Å²) >= 11 is 7.71. The molecule has 0 N–H and O–H groups in total. The van der Waals surface area contributed by atoms with Crippen LogP contribution in [-0.2, 0) is 21.1 Å². The third kappa shape index (κ3) is 3.90. The number of amidine groups is 1. The van der Waals surface area contributed by atoms with Crippen molar-refractivity contribution in [2.24, 2.45) is 4.99 Å². The van der Waals surface area contributed by atoms with E-state index in [4.69, 9.17) is 11.6 Å². The second-order valence-electron chi connectivity index (χ2n) is 6.57. The molecule has 140 valence electrons. The van der Waals surface area contributed by atoms with E-state index in [2.05, 4.69) is 4.99 Å². The number of thioether (sulfide) groups is 1. The van der Waals surface area contributed by atoms with E-state index in [1.165, 1.54) is 11.8 Å². The maximum Gasteiger partial charge on any atom is 0.252 e. The van der Waals surface area contributed by atoms with Gasteiger partial charge in [-0.1, -0.05) is 65.8 Å². The number of benzene rings is 2. The number of aliphatic imine (C=N–C) groups is 1. The van der Waals surface area contributed by atoms with E-state index in [9.17, 15) is 13.2 Å². The van der Waals surface area contributed by atoms with Gasteiger partial charge in [-0.15, -0.1) is 0 Å². The van der Waals surface area contributed by atoms with Crippen LogP contribution < -0.4 is 4.90 Å². The SMILES string of the molecule is O=C(Cc1ccccc1)N=C1S[C@@H]2CS(=O)(=O)C[C@H]2N1c1ccccc1Cl. The van der Waals surface area contributed by atoms with Gasteiger partial charge in [-0.2, -0.15) is 4.99 Å². The van der Waals surface area contributed by atoms with Crippen LogP contribution in [0.3, 0.4) is 0 Å². The molecule has 2 fully saturated rings. The number of hydrogen-bond donors (Lipinski definition) is 0. The first-order chi connectivity index (χ1) is 12.9. The van der Waals surface area contributed by atoms with Crippen LogP contribution in [0.2, 0.25) is 5.02 Å². The van der Waals surface area contributed by atoms with E-state index in [0.29, 0.717) is 15.9 Å². The fourth-order valence-electron chi connectivity index (χ4n) is 3.41. The van der Waals surface area contributed by atoms with Crippen LogP contribution in [0.15, 0.2) is 59.6 Å². The number of rotatable bonds is 3. The fourth-order valence-corrected chi connectivity index (χ4v) is 7.56. The molecule has 27 heavy (non-hydrogen) atoms. The predicted molar refractivity (Wildman–Crippen MR) is 110 cm³/mol. The van der Waals surface area contributed by atoms with Crippen LogP contribution in [0.1, 0.15) is 5.56 Å². The standard InChI is InChI=1S/C19H17ClN2O3S2/c20-14-8-4-5-9-15(14)22-16-11-27(24,25)12-17(16)26-19(22)21-18(23)10-13-6-2-1-3-7-13/h1-9,16-17H,10-12H2/t16-,17-/m1/s1. The monoisotopic (exact) mass is 420 g/mol. The van der Waals surface area contributed by atoms with Crippen molar-refractivity contribution >= 4 is 50.0 Å². The molecular formula is C19H17ClN2O3S2. The lowest BCUT2D eigenvalue weighted by molar-refractivity contribution is -0.117. The molecule has 2 aromatic carbocycles. The van der Waals surface area contributed by atoms with E-state index < -0.39 is 9.84 Å². The number of nitrogens with zero attached hydrogens (tertiary/aromatic N) is 2. The maximum atomic E-state index is 12.5. The van der Waals surface area contributed by atoms with Gasteiger partial charge in [-0.3, -0.25) is 4.79 Å². The molecule has 2 heterocycles. The highest BCUT2D eigenvalue weighted by molar-refractivity contribution is 8.16. The highest BCUT2D eigenvalue weighted by atomic mass is 35.5. The van der Waals surface area contributed by atoms with Gasteiger partial charge in [0.05, 0.1) is 34.7 Å². The lowest BCUT2D eigenvalue weighted by Crippen LogP contribution is -2.38. The number of sulfone groups is 1. The lowest BCUT2D eigenvalue weighted by atomic mass is 10.1. The van der Waals surface area contributed by atoms with E-state index in [1.54, 1.807) is 6.07 Å². The molecule has 0 spiro atoms. The van der Waals surface area contributed by atoms with Crippen molar-refractivity contribution < 1.29 is 13.2 Å². The Morgan fingerprint density at radius 1 is 1.11 bits per heavy atom. The highest BCUT2D eigenvalue weighted by Crippen LogP contribution is 2.42. The number of fused-ring (bicyclic) bond motifs is 1. The van der Waals surface area contributed by atoms with Crippen LogP contribution >= 0.6 is 23.4 Å². The van der Waals surface area contributed by atoms with Crippen LogP contribution in [0, 0.1) is 0 Å². The molecule has 2 atom stereocenters. The molecule has 2 aromatic rings. The predicted octanol–water partition coefficient (Wildman–Crippen LogP) is 3.18. The Hall–Kier alpha value is -1.83. The summed E-state index contributed by atoms with van der Waals surface area (Å²) in [6.45, 7) is 0. The van der Waals surface area contributed by atoms with E-state index >= 15 is 0 Å². The zero-order valence-electron chi connectivity index (χ0n) is 14.3. The minimum absolute atomic E-state index is 0.0434. The molecule has 8 heteroatoms. The van der Waals surface area contributed by atoms with Gasteiger partial charge >= 0.3 is 0 Å². The van der Waals surface area contributed by atoms with Crippen molar-refractivity contribution in [1.82, 2.24) is 0 Å². The summed E-state index contributed by atoms with van der Waals surface area (Å²) in [6, 6.07) is 16.4. The molecule has 0 aliphatic carbocycles. The van der Waals surface area contributed by atoms with Gasteiger partial charge in [0.25, 0.3) is 5.91 Å². The zero-order chi connectivity index (χ0) is 19.0. The van der Waals surface area contributed by atoms with Crippen LogP contribution in [0.4, 0.5) is 5.69 Å². The van der Waals surface area contributed by atoms with Crippen LogP contribution in [-0.4, -0.2) is 42.3 Å². The Labute approximate surface area is 167 Å². The first-order valence-corrected chi connectivity index (χ1v) is 11.6. The maximum absolute atomic E-state index is 12.5. The number of hydrogen-bond acceptors (Lipinski definition) is 4. The number of halogens is 1. The summed E-state index contributed by atoms with van der Waals surface area (Å²) in [6.07, 6.45) is 0.203. The molecule has 2 aliphatic rings. The van der Waals surface area contributed by atoms with Gasteiger partial charge in [0.2, 0.25) is 0 Å². The van der Waals surface area contributed by atoms with Gasteiger partial charge in [0.1, 0.15) is 0 Å². The molecule has 0 saturated carbocycles. The second-order valence-corrected chi connectivity index (χ2v) is 10.3. The van der Waals surface area contributed by atoms with Gasteiger partial charge in [0.15, 0.2) is 15.0 Å². The van der Waals surface area contributed by atoms with Crippen molar-refractivity contribution in [2.45, 2.75) is 17.7 Å². The molecule has 5 nitrogen and oxygen atoms in total. The Morgan fingerprint density at radius 3 is 2.56 bits per heavy atom. The average Bonchev–Trinajstić information content (AvgIpc) is 3.07. The number of para-hydroxylation sites is 1. The second kappa shape index (κ2) is 7.30. The summed E-state index contributed by atoms with van der Waals surface area (Å²) in [5.74, 6) is -0.125. The average molecular weight is 421 g/mol. The molecular weight excluding hydrogens is 404 g/mol. The summed E-state index contributed by atoms with van der Waals surface area (Å²) < 4.78 is 24.2. The summed E-state index contributed by atoms with van der Waals surface area (Å²) in [7, 11) is -3.11. The lowest BCUT2D eigenvalue weighted by Gasteiger charge is -2.25. The normalized spacial score (nSPS) is 24.9. The van der Waals surface area contributed by atoms with Crippen molar-refractivity contribution in [3.63, 3.8) is 0 Å². The Bertz CT molecular complexity index is 1010. The molecule has 0 unspecified atom stereocenters. The van der Waals surface area contributed by atoms with E-state index in [1.807, 2.05) is 53.4 Å². The number of amides is 1. The molecule has 0 aromatic heterocycles. The largest absolute Gasteiger partial charge is 0.314 e. The van der Waals surface area contributed by atoms with Crippen LogP contribution in [0.25, 0.3) is 0 Å². The van der Waals surface area contributed by atoms with Gasteiger partial charge in [-0.25, -0.2) is 8.42 Å². The van der Waals surface area contributed by atoms with E-state index in [0.717, 1.165) is 5.56 Å². The number of carbonyl (C=O) groups excluding carboxylic acids is 1. The summed E-state index contributed by atoms with van der Waals surface area (Å²) in [4.78, 5) is 18.6.